The van der Waals surface area contributed by atoms with Crippen LogP contribution in [0.5, 0.6) is 0 Å². The van der Waals surface area contributed by atoms with Gasteiger partial charge in [-0.05, 0) is 50.1 Å². The number of nitrogens with zero attached hydrogens (tertiary/aromatic N) is 2. The fourth-order valence-corrected chi connectivity index (χ4v) is 2.64. The standard InChI is InChI=1S/C20H23F3N4O2/c1-10(2)18(28)27-16-8-14(7-12(4)25-16)13(5)26-19(29)15-6-11(3)17(24-9-15)20(21,22)23/h6-10,13H,1-5H3,(H,26,29)(H,25,27,28). The second kappa shape index (κ2) is 8.59. The van der Waals surface area contributed by atoms with Crippen molar-refractivity contribution in [2.75, 3.05) is 5.32 Å². The van der Waals surface area contributed by atoms with Gasteiger partial charge in [-0.1, -0.05) is 13.8 Å². The molecule has 2 rings (SSSR count). The molecule has 0 spiro atoms. The average molecular weight is 408 g/mol. The summed E-state index contributed by atoms with van der Waals surface area (Å²) < 4.78 is 38.5. The van der Waals surface area contributed by atoms with E-state index in [0.717, 1.165) is 12.3 Å². The summed E-state index contributed by atoms with van der Waals surface area (Å²) in [7, 11) is 0. The van der Waals surface area contributed by atoms with Crippen LogP contribution in [0.4, 0.5) is 19.0 Å². The SMILES string of the molecule is Cc1cc(C(C)NC(=O)c2cnc(C(F)(F)F)c(C)c2)cc(NC(=O)C(C)C)n1. The van der Waals surface area contributed by atoms with E-state index in [1.807, 2.05) is 0 Å². The Hall–Kier alpha value is -2.97. The van der Waals surface area contributed by atoms with Crippen molar-refractivity contribution in [1.82, 2.24) is 15.3 Å². The Morgan fingerprint density at radius 3 is 2.28 bits per heavy atom. The largest absolute Gasteiger partial charge is 0.433 e. The number of hydrogen-bond donors (Lipinski definition) is 2. The van der Waals surface area contributed by atoms with Crippen LogP contribution in [0.1, 0.15) is 59.7 Å². The molecule has 2 aromatic heterocycles. The Morgan fingerprint density at radius 1 is 1.07 bits per heavy atom. The maximum atomic E-state index is 12.8. The van der Waals surface area contributed by atoms with Crippen molar-refractivity contribution in [2.45, 2.75) is 46.8 Å². The minimum absolute atomic E-state index is 0.0291. The summed E-state index contributed by atoms with van der Waals surface area (Å²) in [6.45, 7) is 8.26. The Labute approximate surface area is 166 Å². The molecule has 2 amide bonds. The van der Waals surface area contributed by atoms with E-state index in [2.05, 4.69) is 20.6 Å². The second-order valence-electron chi connectivity index (χ2n) is 7.15. The van der Waals surface area contributed by atoms with Crippen molar-refractivity contribution < 1.29 is 22.8 Å². The Kier molecular flexibility index (Phi) is 6.61. The van der Waals surface area contributed by atoms with E-state index in [4.69, 9.17) is 0 Å². The molecule has 6 nitrogen and oxygen atoms in total. The first-order valence-corrected chi connectivity index (χ1v) is 9.02. The third-order valence-corrected chi connectivity index (χ3v) is 4.21. The number of halogens is 3. The van der Waals surface area contributed by atoms with Crippen LogP contribution in [0.25, 0.3) is 0 Å². The highest BCUT2D eigenvalue weighted by Crippen LogP contribution is 2.30. The first kappa shape index (κ1) is 22.3. The highest BCUT2D eigenvalue weighted by atomic mass is 19.4. The van der Waals surface area contributed by atoms with Gasteiger partial charge in [0.25, 0.3) is 5.91 Å². The third kappa shape index (κ3) is 5.75. The fourth-order valence-electron chi connectivity index (χ4n) is 2.64. The first-order chi connectivity index (χ1) is 13.4. The molecule has 2 N–H and O–H groups in total. The summed E-state index contributed by atoms with van der Waals surface area (Å²) >= 11 is 0. The molecular formula is C20H23F3N4O2. The zero-order valence-electron chi connectivity index (χ0n) is 16.8. The minimum atomic E-state index is -4.57. The van der Waals surface area contributed by atoms with Gasteiger partial charge in [0.1, 0.15) is 11.5 Å². The number of anilines is 1. The molecule has 1 atom stereocenters. The zero-order valence-corrected chi connectivity index (χ0v) is 16.8. The molecule has 2 heterocycles. The van der Waals surface area contributed by atoms with E-state index in [1.54, 1.807) is 39.8 Å². The van der Waals surface area contributed by atoms with Crippen LogP contribution in [0.15, 0.2) is 24.4 Å². The van der Waals surface area contributed by atoms with Gasteiger partial charge in [-0.2, -0.15) is 13.2 Å². The quantitative estimate of drug-likeness (QED) is 0.777. The topological polar surface area (TPSA) is 84.0 Å². The molecule has 0 fully saturated rings. The number of aromatic nitrogens is 2. The smallest absolute Gasteiger partial charge is 0.345 e. The monoisotopic (exact) mass is 408 g/mol. The Morgan fingerprint density at radius 2 is 1.72 bits per heavy atom. The number of carbonyl (C=O) groups is 2. The lowest BCUT2D eigenvalue weighted by atomic mass is 10.1. The van der Waals surface area contributed by atoms with Crippen molar-refractivity contribution in [3.8, 4) is 0 Å². The second-order valence-corrected chi connectivity index (χ2v) is 7.15. The van der Waals surface area contributed by atoms with Crippen LogP contribution in [-0.2, 0) is 11.0 Å². The normalized spacial score (nSPS) is 12.6. The van der Waals surface area contributed by atoms with Crippen LogP contribution in [0, 0.1) is 19.8 Å². The van der Waals surface area contributed by atoms with Crippen LogP contribution in [0.3, 0.4) is 0 Å². The lowest BCUT2D eigenvalue weighted by Gasteiger charge is -2.17. The molecule has 0 aliphatic rings. The lowest BCUT2D eigenvalue weighted by molar-refractivity contribution is -0.141. The van der Waals surface area contributed by atoms with Crippen molar-refractivity contribution >= 4 is 17.6 Å². The molecule has 0 saturated carbocycles. The van der Waals surface area contributed by atoms with Gasteiger partial charge >= 0.3 is 6.18 Å². The van der Waals surface area contributed by atoms with Crippen molar-refractivity contribution in [3.05, 3.63) is 52.5 Å². The van der Waals surface area contributed by atoms with E-state index < -0.39 is 23.8 Å². The number of nitrogens with one attached hydrogen (secondary N) is 2. The zero-order chi connectivity index (χ0) is 21.9. The summed E-state index contributed by atoms with van der Waals surface area (Å²) in [4.78, 5) is 32.0. The summed E-state index contributed by atoms with van der Waals surface area (Å²) in [5, 5.41) is 5.44. The molecule has 0 saturated heterocycles. The van der Waals surface area contributed by atoms with Gasteiger partial charge in [-0.3, -0.25) is 14.6 Å². The molecule has 0 bridgehead atoms. The van der Waals surface area contributed by atoms with E-state index in [-0.39, 0.29) is 23.0 Å². The van der Waals surface area contributed by atoms with Gasteiger partial charge in [-0.25, -0.2) is 4.98 Å². The van der Waals surface area contributed by atoms with Crippen LogP contribution >= 0.6 is 0 Å². The van der Waals surface area contributed by atoms with Gasteiger partial charge in [0.15, 0.2) is 0 Å². The molecule has 29 heavy (non-hydrogen) atoms. The van der Waals surface area contributed by atoms with E-state index in [9.17, 15) is 22.8 Å². The van der Waals surface area contributed by atoms with Gasteiger partial charge in [0.05, 0.1) is 11.6 Å². The van der Waals surface area contributed by atoms with Gasteiger partial charge < -0.3 is 10.6 Å². The highest BCUT2D eigenvalue weighted by Gasteiger charge is 2.34. The molecular weight excluding hydrogens is 385 g/mol. The number of alkyl halides is 3. The number of pyridine rings is 2. The number of rotatable bonds is 5. The predicted octanol–water partition coefficient (Wildman–Crippen LogP) is 4.20. The molecule has 0 aromatic carbocycles. The fraction of sp³-hybridized carbons (Fsp3) is 0.400. The molecule has 0 aliphatic heterocycles. The molecule has 1 unspecified atom stereocenters. The van der Waals surface area contributed by atoms with E-state index in [0.29, 0.717) is 17.1 Å². The van der Waals surface area contributed by atoms with Crippen LogP contribution in [-0.4, -0.2) is 21.8 Å². The van der Waals surface area contributed by atoms with Gasteiger partial charge in [0.2, 0.25) is 5.91 Å². The van der Waals surface area contributed by atoms with Gasteiger partial charge in [-0.15, -0.1) is 0 Å². The maximum Gasteiger partial charge on any atom is 0.433 e. The van der Waals surface area contributed by atoms with Crippen molar-refractivity contribution in [1.29, 1.82) is 0 Å². The minimum Gasteiger partial charge on any atom is -0.345 e. The van der Waals surface area contributed by atoms with Crippen LogP contribution in [0.2, 0.25) is 0 Å². The Bertz CT molecular complexity index is 926. The van der Waals surface area contributed by atoms with Gasteiger partial charge in [0, 0.05) is 17.8 Å². The predicted molar refractivity (Wildman–Crippen MR) is 102 cm³/mol. The summed E-state index contributed by atoms with van der Waals surface area (Å²) in [6.07, 6.45) is -3.66. The Balaban J connectivity index is 2.18. The van der Waals surface area contributed by atoms with Crippen molar-refractivity contribution in [3.63, 3.8) is 0 Å². The number of amides is 2. The van der Waals surface area contributed by atoms with E-state index >= 15 is 0 Å². The summed E-state index contributed by atoms with van der Waals surface area (Å²) in [6, 6.07) is 4.09. The lowest BCUT2D eigenvalue weighted by Crippen LogP contribution is -2.27. The third-order valence-electron chi connectivity index (χ3n) is 4.21. The molecule has 156 valence electrons. The molecule has 9 heteroatoms. The molecule has 2 aromatic rings. The number of aryl methyl sites for hydroxylation is 2. The summed E-state index contributed by atoms with van der Waals surface area (Å²) in [5.74, 6) is -0.582. The summed E-state index contributed by atoms with van der Waals surface area (Å²) in [5.41, 5.74) is 0.228. The van der Waals surface area contributed by atoms with E-state index in [1.165, 1.54) is 6.92 Å². The number of hydrogen-bond acceptors (Lipinski definition) is 4. The maximum absolute atomic E-state index is 12.8. The highest BCUT2D eigenvalue weighted by molar-refractivity contribution is 5.94. The molecule has 0 radical (unpaired) electrons. The first-order valence-electron chi connectivity index (χ1n) is 9.02. The van der Waals surface area contributed by atoms with Crippen LogP contribution < -0.4 is 10.6 Å². The average Bonchev–Trinajstić information content (AvgIpc) is 2.59. The van der Waals surface area contributed by atoms with Crippen molar-refractivity contribution in [2.24, 2.45) is 5.92 Å². The molecule has 0 aliphatic carbocycles. The number of carbonyl (C=O) groups excluding carboxylic acids is 2.